The fourth-order valence-corrected chi connectivity index (χ4v) is 3.09. The van der Waals surface area contributed by atoms with Crippen molar-refractivity contribution < 1.29 is 28.7 Å². The van der Waals surface area contributed by atoms with E-state index in [4.69, 9.17) is 4.74 Å². The van der Waals surface area contributed by atoms with Crippen LogP contribution in [0.2, 0.25) is 0 Å². The Morgan fingerprint density at radius 2 is 1.60 bits per heavy atom. The third kappa shape index (κ3) is 3.31. The highest BCUT2D eigenvalue weighted by Gasteiger charge is 2.47. The normalized spacial score (nSPS) is 21.9. The molecule has 1 aromatic rings. The van der Waals surface area contributed by atoms with E-state index in [1.54, 1.807) is 0 Å². The highest BCUT2D eigenvalue weighted by Crippen LogP contribution is 2.34. The Hall–Kier alpha value is -2.96. The predicted molar refractivity (Wildman–Crippen MR) is 85.5 cm³/mol. The Morgan fingerprint density at radius 1 is 1.04 bits per heavy atom. The van der Waals surface area contributed by atoms with Crippen LogP contribution in [0.1, 0.15) is 23.2 Å². The zero-order valence-electron chi connectivity index (χ0n) is 13.6. The first-order valence-corrected chi connectivity index (χ1v) is 7.90. The number of rotatable bonds is 4. The largest absolute Gasteiger partial charge is 0.465 e. The van der Waals surface area contributed by atoms with Gasteiger partial charge in [0.1, 0.15) is 12.3 Å². The number of esters is 2. The Balaban J connectivity index is 1.62. The smallest absolute Gasteiger partial charge is 0.337 e. The van der Waals surface area contributed by atoms with Crippen molar-refractivity contribution in [3.63, 3.8) is 0 Å². The maximum Gasteiger partial charge on any atom is 0.337 e. The Labute approximate surface area is 144 Å². The van der Waals surface area contributed by atoms with E-state index in [-0.39, 0.29) is 29.4 Å². The van der Waals surface area contributed by atoms with Gasteiger partial charge in [0.2, 0.25) is 11.8 Å². The van der Waals surface area contributed by atoms with Crippen molar-refractivity contribution in [2.45, 2.75) is 12.8 Å². The maximum atomic E-state index is 12.3. The van der Waals surface area contributed by atoms with Crippen LogP contribution in [0.4, 0.5) is 0 Å². The van der Waals surface area contributed by atoms with Crippen molar-refractivity contribution in [2.75, 3.05) is 13.7 Å². The number of allylic oxidation sites excluding steroid dienone is 2. The van der Waals surface area contributed by atoms with Gasteiger partial charge in [-0.3, -0.25) is 14.5 Å². The average molecular weight is 343 g/mol. The minimum absolute atomic E-state index is 0.218. The number of methoxy groups -OCH3 is 1. The van der Waals surface area contributed by atoms with Crippen molar-refractivity contribution in [1.82, 2.24) is 4.90 Å². The second-order valence-corrected chi connectivity index (χ2v) is 5.91. The predicted octanol–water partition coefficient (Wildman–Crippen LogP) is 1.33. The number of fused-ring (bicyclic) bond motifs is 1. The molecule has 2 atom stereocenters. The van der Waals surface area contributed by atoms with Gasteiger partial charge in [-0.15, -0.1) is 0 Å². The number of likely N-dealkylation sites (tertiary alicyclic amines) is 1. The summed E-state index contributed by atoms with van der Waals surface area (Å²) in [5.41, 5.74) is 0.323. The number of carbonyl (C=O) groups is 4. The summed E-state index contributed by atoms with van der Waals surface area (Å²) in [7, 11) is 1.27. The van der Waals surface area contributed by atoms with Crippen LogP contribution in [-0.2, 0) is 19.1 Å². The average Bonchev–Trinajstić information content (AvgIpc) is 2.87. The van der Waals surface area contributed by atoms with Gasteiger partial charge in [-0.2, -0.15) is 0 Å². The number of nitrogens with zero attached hydrogens (tertiary/aromatic N) is 1. The van der Waals surface area contributed by atoms with Crippen LogP contribution in [0.3, 0.4) is 0 Å². The van der Waals surface area contributed by atoms with Crippen molar-refractivity contribution in [3.8, 4) is 5.75 Å². The van der Waals surface area contributed by atoms with Gasteiger partial charge in [0.25, 0.3) is 0 Å². The first kappa shape index (κ1) is 16.9. The summed E-state index contributed by atoms with van der Waals surface area (Å²) in [4.78, 5) is 49.0. The molecule has 0 aromatic heterocycles. The molecule has 1 aromatic carbocycles. The van der Waals surface area contributed by atoms with E-state index in [9.17, 15) is 19.2 Å². The zero-order valence-corrected chi connectivity index (χ0v) is 13.6. The van der Waals surface area contributed by atoms with Crippen LogP contribution in [0.15, 0.2) is 36.4 Å². The summed E-state index contributed by atoms with van der Waals surface area (Å²) >= 11 is 0. The summed E-state index contributed by atoms with van der Waals surface area (Å²) in [6, 6.07) is 5.81. The van der Waals surface area contributed by atoms with E-state index in [0.717, 1.165) is 4.90 Å². The summed E-state index contributed by atoms with van der Waals surface area (Å²) in [5.74, 6) is -2.37. The fraction of sp³-hybridized carbons (Fsp3) is 0.333. The Morgan fingerprint density at radius 3 is 2.12 bits per heavy atom. The van der Waals surface area contributed by atoms with Crippen molar-refractivity contribution in [3.05, 3.63) is 42.0 Å². The Kier molecular flexibility index (Phi) is 4.65. The van der Waals surface area contributed by atoms with Gasteiger partial charge in [-0.05, 0) is 37.1 Å². The monoisotopic (exact) mass is 343 g/mol. The number of hydrogen-bond acceptors (Lipinski definition) is 6. The standard InChI is InChI=1S/C18H17NO6/c1-24-18(23)11-6-8-12(9-7-11)25-15(20)10-19-16(21)13-4-2-3-5-14(13)17(19)22/h2-3,6-9,13-14H,4-5,10H2,1H3. The molecule has 7 heteroatoms. The van der Waals surface area contributed by atoms with E-state index < -0.39 is 18.5 Å². The number of hydrogen-bond donors (Lipinski definition) is 0. The molecule has 0 bridgehead atoms. The fourth-order valence-electron chi connectivity index (χ4n) is 3.09. The molecule has 0 spiro atoms. The SMILES string of the molecule is COC(=O)c1ccc(OC(=O)CN2C(=O)C3CC=CCC3C2=O)cc1. The van der Waals surface area contributed by atoms with Crippen molar-refractivity contribution in [2.24, 2.45) is 11.8 Å². The lowest BCUT2D eigenvalue weighted by atomic mass is 9.85. The van der Waals surface area contributed by atoms with Gasteiger partial charge in [-0.1, -0.05) is 12.2 Å². The summed E-state index contributed by atoms with van der Waals surface area (Å²) in [6.07, 6.45) is 4.82. The van der Waals surface area contributed by atoms with E-state index in [0.29, 0.717) is 18.4 Å². The maximum absolute atomic E-state index is 12.3. The molecule has 1 fully saturated rings. The lowest BCUT2D eigenvalue weighted by molar-refractivity contribution is -0.148. The molecule has 1 heterocycles. The molecular weight excluding hydrogens is 326 g/mol. The van der Waals surface area contributed by atoms with Crippen LogP contribution in [0.5, 0.6) is 5.75 Å². The van der Waals surface area contributed by atoms with Crippen molar-refractivity contribution >= 4 is 23.8 Å². The van der Waals surface area contributed by atoms with Gasteiger partial charge >= 0.3 is 11.9 Å². The lowest BCUT2D eigenvalue weighted by Gasteiger charge is -2.14. The third-order valence-corrected chi connectivity index (χ3v) is 4.39. The number of imide groups is 1. The Bertz CT molecular complexity index is 725. The van der Waals surface area contributed by atoms with E-state index in [2.05, 4.69) is 4.74 Å². The summed E-state index contributed by atoms with van der Waals surface area (Å²) in [6.45, 7) is -0.413. The molecule has 1 saturated heterocycles. The third-order valence-electron chi connectivity index (χ3n) is 4.39. The molecule has 0 radical (unpaired) electrons. The summed E-state index contributed by atoms with van der Waals surface area (Å²) in [5, 5.41) is 0. The molecule has 2 amide bonds. The summed E-state index contributed by atoms with van der Waals surface area (Å²) < 4.78 is 9.72. The molecule has 7 nitrogen and oxygen atoms in total. The molecule has 0 saturated carbocycles. The molecule has 1 aliphatic heterocycles. The van der Waals surface area contributed by atoms with Gasteiger partial charge in [0.15, 0.2) is 0 Å². The number of benzene rings is 1. The minimum Gasteiger partial charge on any atom is -0.465 e. The van der Waals surface area contributed by atoms with E-state index in [1.165, 1.54) is 31.4 Å². The quantitative estimate of drug-likeness (QED) is 0.355. The van der Waals surface area contributed by atoms with E-state index >= 15 is 0 Å². The van der Waals surface area contributed by atoms with Crippen LogP contribution in [-0.4, -0.2) is 42.3 Å². The number of ether oxygens (including phenoxy) is 2. The van der Waals surface area contributed by atoms with Gasteiger partial charge in [0, 0.05) is 0 Å². The first-order valence-electron chi connectivity index (χ1n) is 7.90. The van der Waals surface area contributed by atoms with Gasteiger partial charge < -0.3 is 9.47 Å². The number of amides is 2. The van der Waals surface area contributed by atoms with Crippen LogP contribution < -0.4 is 4.74 Å². The van der Waals surface area contributed by atoms with Gasteiger partial charge in [-0.25, -0.2) is 9.59 Å². The molecule has 3 rings (SSSR count). The van der Waals surface area contributed by atoms with E-state index in [1.807, 2.05) is 12.2 Å². The van der Waals surface area contributed by atoms with Crippen molar-refractivity contribution in [1.29, 1.82) is 0 Å². The molecule has 2 aliphatic rings. The van der Waals surface area contributed by atoms with Crippen LogP contribution >= 0.6 is 0 Å². The molecule has 2 unspecified atom stereocenters. The number of carbonyl (C=O) groups excluding carboxylic acids is 4. The highest BCUT2D eigenvalue weighted by atomic mass is 16.5. The minimum atomic E-state index is -0.709. The zero-order chi connectivity index (χ0) is 18.0. The van der Waals surface area contributed by atoms with Crippen LogP contribution in [0.25, 0.3) is 0 Å². The lowest BCUT2D eigenvalue weighted by Crippen LogP contribution is -2.37. The second-order valence-electron chi connectivity index (χ2n) is 5.91. The molecule has 130 valence electrons. The molecule has 25 heavy (non-hydrogen) atoms. The second kappa shape index (κ2) is 6.88. The molecule has 0 N–H and O–H groups in total. The first-order chi connectivity index (χ1) is 12.0. The molecular formula is C18H17NO6. The van der Waals surface area contributed by atoms with Crippen LogP contribution in [0, 0.1) is 11.8 Å². The molecule has 1 aliphatic carbocycles. The topological polar surface area (TPSA) is 90.0 Å². The highest BCUT2D eigenvalue weighted by molar-refractivity contribution is 6.07. The van der Waals surface area contributed by atoms with Gasteiger partial charge in [0.05, 0.1) is 24.5 Å².